The molecule has 74 valence electrons. The van der Waals surface area contributed by atoms with Crippen molar-refractivity contribution in [1.82, 2.24) is 15.5 Å². The number of hydrogen-bond donors (Lipinski definition) is 2. The van der Waals surface area contributed by atoms with Crippen LogP contribution in [-0.2, 0) is 0 Å². The van der Waals surface area contributed by atoms with Gasteiger partial charge in [0.1, 0.15) is 26.6 Å². The van der Waals surface area contributed by atoms with E-state index >= 15 is 0 Å². The number of nitrogens with zero attached hydrogens (tertiary/aromatic N) is 2. The molecule has 2 heterocycles. The molecule has 0 atom stereocenters. The molecule has 0 unspecified atom stereocenters. The summed E-state index contributed by atoms with van der Waals surface area (Å²) < 4.78 is 1.03. The summed E-state index contributed by atoms with van der Waals surface area (Å²) in [5.74, 6) is 0. The Hall–Kier alpha value is -0.130. The molecule has 13 heavy (non-hydrogen) atoms. The van der Waals surface area contributed by atoms with Gasteiger partial charge in [-0.25, -0.2) is 4.90 Å². The summed E-state index contributed by atoms with van der Waals surface area (Å²) >= 11 is 5.55. The Morgan fingerprint density at radius 3 is 2.62 bits per heavy atom. The van der Waals surface area contributed by atoms with E-state index in [1.165, 1.54) is 0 Å². The van der Waals surface area contributed by atoms with Gasteiger partial charge in [0, 0.05) is 5.54 Å². The molecule has 4 nitrogen and oxygen atoms in total. The lowest BCUT2D eigenvalue weighted by atomic mass is 10.3. The second kappa shape index (κ2) is 3.94. The predicted octanol–water partition coefficient (Wildman–Crippen LogP) is -0.148. The Labute approximate surface area is 83.7 Å². The largest absolute Gasteiger partial charge is 0.283 e. The van der Waals surface area contributed by atoms with Crippen LogP contribution in [0.1, 0.15) is 0 Å². The Bertz CT molecular complexity index is 196. The van der Waals surface area contributed by atoms with Crippen LogP contribution < -0.4 is 10.6 Å². The molecule has 2 rings (SSSR count). The summed E-state index contributed by atoms with van der Waals surface area (Å²) in [4.78, 5) is 2.37. The first-order valence-corrected chi connectivity index (χ1v) is 5.02. The number of quaternary nitrogens is 1. The fourth-order valence-corrected chi connectivity index (χ4v) is 2.16. The molecule has 0 aromatic heterocycles. The summed E-state index contributed by atoms with van der Waals surface area (Å²) in [5.41, 5.74) is 1.61. The van der Waals surface area contributed by atoms with Crippen LogP contribution in [0.3, 0.4) is 0 Å². The average molecular weight is 204 g/mol. The van der Waals surface area contributed by atoms with Crippen LogP contribution in [-0.4, -0.2) is 49.3 Å². The third-order valence-electron chi connectivity index (χ3n) is 2.65. The van der Waals surface area contributed by atoms with Crippen molar-refractivity contribution in [1.29, 1.82) is 0 Å². The van der Waals surface area contributed by atoms with Crippen LogP contribution in [0.15, 0.2) is 11.6 Å². The van der Waals surface area contributed by atoms with E-state index in [1.54, 1.807) is 5.54 Å². The summed E-state index contributed by atoms with van der Waals surface area (Å²) in [6.07, 6.45) is 2.03. The number of fused-ring (bicyclic) bond motifs is 2. The van der Waals surface area contributed by atoms with Gasteiger partial charge in [0.15, 0.2) is 0 Å². The van der Waals surface area contributed by atoms with Crippen LogP contribution in [0.2, 0.25) is 0 Å². The van der Waals surface area contributed by atoms with E-state index in [0.717, 1.165) is 44.4 Å². The average Bonchev–Trinajstić information content (AvgIpc) is 2.15. The molecule has 0 aliphatic carbocycles. The summed E-state index contributed by atoms with van der Waals surface area (Å²) in [5, 5.41) is 6.84. The van der Waals surface area contributed by atoms with Crippen molar-refractivity contribution < 1.29 is 4.48 Å². The van der Waals surface area contributed by atoms with Crippen LogP contribution in [0.5, 0.6) is 0 Å². The summed E-state index contributed by atoms with van der Waals surface area (Å²) in [7, 11) is 0. The van der Waals surface area contributed by atoms with Crippen LogP contribution >= 0.6 is 11.6 Å². The number of rotatable bonds is 2. The zero-order valence-electron chi connectivity index (χ0n) is 7.67. The van der Waals surface area contributed by atoms with Gasteiger partial charge in [0.05, 0.1) is 13.3 Å². The zero-order chi connectivity index (χ0) is 9.15. The van der Waals surface area contributed by atoms with E-state index in [4.69, 9.17) is 11.6 Å². The van der Waals surface area contributed by atoms with Crippen molar-refractivity contribution in [3.05, 3.63) is 11.6 Å². The standard InChI is InChI=1S/C8H16ClN4/c9-2-1-3-13-6-10-4-12(8-13)5-11-7-13/h1-2,10-11H,3-8H2/q+1. The molecule has 0 amide bonds. The fraction of sp³-hybridized carbons (Fsp3) is 0.750. The zero-order valence-corrected chi connectivity index (χ0v) is 8.43. The molecule has 0 saturated carbocycles. The number of halogens is 1. The molecule has 0 radical (unpaired) electrons. The van der Waals surface area contributed by atoms with Gasteiger partial charge in [0.2, 0.25) is 0 Å². The Balaban J connectivity index is 2.01. The Morgan fingerprint density at radius 2 is 2.00 bits per heavy atom. The number of nitrogens with one attached hydrogen (secondary N) is 2. The third kappa shape index (κ3) is 2.03. The highest BCUT2D eigenvalue weighted by Gasteiger charge is 2.35. The molecule has 2 aliphatic heterocycles. The molecule has 0 spiro atoms. The molecule has 0 aromatic rings. The molecular formula is C8H16ClN4+. The van der Waals surface area contributed by atoms with Crippen molar-refractivity contribution in [3.8, 4) is 0 Å². The molecule has 2 aliphatic rings. The molecule has 2 bridgehead atoms. The van der Waals surface area contributed by atoms with Gasteiger partial charge in [-0.2, -0.15) is 0 Å². The highest BCUT2D eigenvalue weighted by molar-refractivity contribution is 6.25. The smallest absolute Gasteiger partial charge is 0.139 e. The topological polar surface area (TPSA) is 27.3 Å². The third-order valence-corrected chi connectivity index (χ3v) is 2.83. The minimum absolute atomic E-state index is 0.998. The van der Waals surface area contributed by atoms with Gasteiger partial charge in [-0.1, -0.05) is 11.6 Å². The van der Waals surface area contributed by atoms with Crippen molar-refractivity contribution >= 4 is 11.6 Å². The van der Waals surface area contributed by atoms with Gasteiger partial charge in [-0.05, 0) is 6.08 Å². The van der Waals surface area contributed by atoms with E-state index in [2.05, 4.69) is 15.5 Å². The molecule has 2 N–H and O–H groups in total. The van der Waals surface area contributed by atoms with Crippen LogP contribution in [0, 0.1) is 0 Å². The van der Waals surface area contributed by atoms with E-state index < -0.39 is 0 Å². The minimum atomic E-state index is 0.998. The highest BCUT2D eigenvalue weighted by Crippen LogP contribution is 2.13. The summed E-state index contributed by atoms with van der Waals surface area (Å²) in [6.45, 7) is 6.19. The lowest BCUT2D eigenvalue weighted by molar-refractivity contribution is -0.949. The van der Waals surface area contributed by atoms with E-state index in [9.17, 15) is 0 Å². The van der Waals surface area contributed by atoms with Gasteiger partial charge in [0.25, 0.3) is 0 Å². The minimum Gasteiger partial charge on any atom is -0.283 e. The summed E-state index contributed by atoms with van der Waals surface area (Å²) in [6, 6.07) is 0. The van der Waals surface area contributed by atoms with Gasteiger partial charge < -0.3 is 0 Å². The van der Waals surface area contributed by atoms with Crippen molar-refractivity contribution in [2.75, 3.05) is 39.9 Å². The first-order chi connectivity index (χ1) is 6.35. The normalized spacial score (nSPS) is 39.6. The lowest BCUT2D eigenvalue weighted by Crippen LogP contribution is -2.72. The molecule has 2 saturated heterocycles. The van der Waals surface area contributed by atoms with Gasteiger partial charge >= 0.3 is 0 Å². The molecule has 5 heteroatoms. The van der Waals surface area contributed by atoms with Gasteiger partial charge in [-0.3, -0.25) is 15.1 Å². The fourth-order valence-electron chi connectivity index (χ4n) is 2.08. The second-order valence-electron chi connectivity index (χ2n) is 3.83. The monoisotopic (exact) mass is 203 g/mol. The first-order valence-electron chi connectivity index (χ1n) is 4.59. The highest BCUT2D eigenvalue weighted by atomic mass is 35.5. The predicted molar refractivity (Wildman–Crippen MR) is 52.6 cm³/mol. The Kier molecular flexibility index (Phi) is 2.86. The maximum atomic E-state index is 5.55. The van der Waals surface area contributed by atoms with Gasteiger partial charge in [-0.15, -0.1) is 0 Å². The number of hydrogen-bond acceptors (Lipinski definition) is 3. The van der Waals surface area contributed by atoms with E-state index in [0.29, 0.717) is 0 Å². The quantitative estimate of drug-likeness (QED) is 0.612. The maximum absolute atomic E-state index is 5.55. The van der Waals surface area contributed by atoms with Crippen molar-refractivity contribution in [3.63, 3.8) is 0 Å². The van der Waals surface area contributed by atoms with E-state index in [1.807, 2.05) is 6.08 Å². The first kappa shape index (κ1) is 9.43. The SMILES string of the molecule is ClC=CC[N+]12CNCN(CNC1)C2. The van der Waals surface area contributed by atoms with Crippen molar-refractivity contribution in [2.45, 2.75) is 0 Å². The molecule has 2 fully saturated rings. The van der Waals surface area contributed by atoms with Crippen molar-refractivity contribution in [2.24, 2.45) is 0 Å². The molecule has 0 aromatic carbocycles. The lowest BCUT2D eigenvalue weighted by Gasteiger charge is -2.49. The maximum Gasteiger partial charge on any atom is 0.139 e. The van der Waals surface area contributed by atoms with E-state index in [-0.39, 0.29) is 0 Å². The van der Waals surface area contributed by atoms with Crippen LogP contribution in [0.4, 0.5) is 0 Å². The second-order valence-corrected chi connectivity index (χ2v) is 4.08. The Morgan fingerprint density at radius 1 is 1.31 bits per heavy atom. The van der Waals surface area contributed by atoms with Crippen LogP contribution in [0.25, 0.3) is 0 Å². The molecular weight excluding hydrogens is 188 g/mol.